The summed E-state index contributed by atoms with van der Waals surface area (Å²) in [6.07, 6.45) is -2.10. The Bertz CT molecular complexity index is 1320. The minimum absolute atomic E-state index is 0.0503. The van der Waals surface area contributed by atoms with E-state index in [1.807, 2.05) is 0 Å². The second-order valence-electron chi connectivity index (χ2n) is 6.80. The van der Waals surface area contributed by atoms with Crippen LogP contribution in [0.2, 0.25) is 10.0 Å². The van der Waals surface area contributed by atoms with Crippen LogP contribution in [0.3, 0.4) is 0 Å². The smallest absolute Gasteiger partial charge is 0.320 e. The van der Waals surface area contributed by atoms with E-state index in [1.54, 1.807) is 0 Å². The minimum atomic E-state index is -4.86. The van der Waals surface area contributed by atoms with Crippen molar-refractivity contribution in [1.29, 1.82) is 0 Å². The molecule has 1 aromatic carbocycles. The fourth-order valence-corrected chi connectivity index (χ4v) is 3.50. The van der Waals surface area contributed by atoms with Crippen molar-refractivity contribution in [3.8, 4) is 5.82 Å². The first-order valence-corrected chi connectivity index (χ1v) is 11.4. The van der Waals surface area contributed by atoms with E-state index >= 15 is 0 Å². The van der Waals surface area contributed by atoms with E-state index in [0.29, 0.717) is 16.3 Å². The zero-order valence-electron chi connectivity index (χ0n) is 17.8. The number of carbonyl (C=O) groups is 3. The van der Waals surface area contributed by atoms with Crippen molar-refractivity contribution in [3.63, 3.8) is 0 Å². The van der Waals surface area contributed by atoms with E-state index in [0.717, 1.165) is 11.8 Å². The number of aryl methyl sites for hydroxylation is 1. The van der Waals surface area contributed by atoms with Crippen molar-refractivity contribution in [3.05, 3.63) is 69.1 Å². The van der Waals surface area contributed by atoms with Gasteiger partial charge in [-0.15, -0.1) is 0 Å². The van der Waals surface area contributed by atoms with Gasteiger partial charge in [0.05, 0.1) is 16.3 Å². The Kier molecular flexibility index (Phi) is 7.93. The number of nitrogens with zero attached hydrogens (tertiary/aromatic N) is 3. The van der Waals surface area contributed by atoms with E-state index in [-0.39, 0.29) is 27.1 Å². The molecule has 15 heteroatoms. The zero-order chi connectivity index (χ0) is 25.9. The van der Waals surface area contributed by atoms with Crippen molar-refractivity contribution in [1.82, 2.24) is 25.6 Å². The maximum atomic E-state index is 13.4. The number of rotatable bonds is 4. The Morgan fingerprint density at radius 2 is 1.80 bits per heavy atom. The van der Waals surface area contributed by atoms with Crippen LogP contribution in [0.15, 0.2) is 36.5 Å². The molecule has 0 saturated heterocycles. The zero-order valence-corrected chi connectivity index (χ0v) is 20.2. The summed E-state index contributed by atoms with van der Waals surface area (Å²) in [5.41, 5.74) is 2.53. The van der Waals surface area contributed by atoms with Crippen LogP contribution in [-0.4, -0.2) is 38.1 Å². The molecule has 35 heavy (non-hydrogen) atoms. The first-order chi connectivity index (χ1) is 16.4. The third-order valence-electron chi connectivity index (χ3n) is 4.42. The monoisotopic (exact) mass is 546 g/mol. The molecule has 3 amide bonds. The predicted octanol–water partition coefficient (Wildman–Crippen LogP) is 4.87. The number of pyridine rings is 1. The lowest BCUT2D eigenvalue weighted by molar-refractivity contribution is -0.141. The normalized spacial score (nSPS) is 11.2. The van der Waals surface area contributed by atoms with Crippen molar-refractivity contribution in [2.45, 2.75) is 13.1 Å². The van der Waals surface area contributed by atoms with E-state index in [1.165, 1.54) is 43.6 Å². The van der Waals surface area contributed by atoms with Gasteiger partial charge in [-0.25, -0.2) is 9.67 Å². The van der Waals surface area contributed by atoms with Crippen LogP contribution in [0, 0.1) is 6.92 Å². The first kappa shape index (κ1) is 26.3. The molecule has 0 spiro atoms. The van der Waals surface area contributed by atoms with Gasteiger partial charge in [0.2, 0.25) is 0 Å². The molecular formula is C20H15Cl2F3N6O3S. The fraction of sp³-hybridized carbons (Fsp3) is 0.150. The summed E-state index contributed by atoms with van der Waals surface area (Å²) in [5, 5.41) is 5.42. The molecule has 9 nitrogen and oxygen atoms in total. The number of hydrogen-bond donors (Lipinski definition) is 3. The van der Waals surface area contributed by atoms with Gasteiger partial charge in [0.15, 0.2) is 11.5 Å². The topological polar surface area (TPSA) is 118 Å². The summed E-state index contributed by atoms with van der Waals surface area (Å²) in [4.78, 5) is 41.1. The number of hydrogen-bond acceptors (Lipinski definition) is 6. The lowest BCUT2D eigenvalue weighted by atomic mass is 10.1. The van der Waals surface area contributed by atoms with E-state index < -0.39 is 34.6 Å². The molecule has 3 aromatic rings. The van der Waals surface area contributed by atoms with E-state index in [4.69, 9.17) is 23.2 Å². The van der Waals surface area contributed by atoms with Crippen LogP contribution in [-0.2, 0) is 6.18 Å². The molecule has 0 bridgehead atoms. The lowest BCUT2D eigenvalue weighted by Crippen LogP contribution is -2.40. The summed E-state index contributed by atoms with van der Waals surface area (Å²) in [7, 11) is 0. The Balaban J connectivity index is 2.04. The predicted molar refractivity (Wildman–Crippen MR) is 125 cm³/mol. The SMILES string of the molecule is CSC(=O)NNC(=O)c1cc(Cl)cc(C)c1NC(=O)c1cc(C(F)(F)F)nn1-c1ncccc1Cl. The van der Waals surface area contributed by atoms with E-state index in [2.05, 4.69) is 26.3 Å². The summed E-state index contributed by atoms with van der Waals surface area (Å²) < 4.78 is 40.8. The highest BCUT2D eigenvalue weighted by Gasteiger charge is 2.37. The van der Waals surface area contributed by atoms with Gasteiger partial charge in [-0.2, -0.15) is 18.3 Å². The molecule has 3 rings (SSSR count). The molecule has 2 heterocycles. The van der Waals surface area contributed by atoms with Crippen LogP contribution in [0.1, 0.15) is 32.1 Å². The van der Waals surface area contributed by atoms with Gasteiger partial charge in [-0.1, -0.05) is 35.0 Å². The number of nitrogens with one attached hydrogen (secondary N) is 3. The molecule has 0 aliphatic rings. The van der Waals surface area contributed by atoms with Crippen molar-refractivity contribution in [2.75, 3.05) is 11.6 Å². The first-order valence-electron chi connectivity index (χ1n) is 9.46. The van der Waals surface area contributed by atoms with Crippen LogP contribution in [0.5, 0.6) is 0 Å². The quantitative estimate of drug-likeness (QED) is 0.402. The Morgan fingerprint density at radius 3 is 2.43 bits per heavy atom. The summed E-state index contributed by atoms with van der Waals surface area (Å²) >= 11 is 12.9. The van der Waals surface area contributed by atoms with Crippen molar-refractivity contribution < 1.29 is 27.6 Å². The minimum Gasteiger partial charge on any atom is -0.320 e. The number of amides is 3. The van der Waals surface area contributed by atoms with Gasteiger partial charge in [-0.3, -0.25) is 25.2 Å². The molecule has 0 radical (unpaired) electrons. The van der Waals surface area contributed by atoms with E-state index in [9.17, 15) is 27.6 Å². The highest BCUT2D eigenvalue weighted by molar-refractivity contribution is 8.12. The second kappa shape index (κ2) is 10.5. The molecule has 2 aromatic heterocycles. The lowest BCUT2D eigenvalue weighted by Gasteiger charge is -2.15. The highest BCUT2D eigenvalue weighted by atomic mass is 35.5. The molecule has 184 valence electrons. The van der Waals surface area contributed by atoms with Gasteiger partial charge in [0.1, 0.15) is 5.69 Å². The third kappa shape index (κ3) is 6.05. The second-order valence-corrected chi connectivity index (χ2v) is 8.43. The number of benzene rings is 1. The van der Waals surface area contributed by atoms with Crippen LogP contribution >= 0.6 is 35.0 Å². The van der Waals surface area contributed by atoms with Gasteiger partial charge in [0, 0.05) is 17.3 Å². The van der Waals surface area contributed by atoms with Gasteiger partial charge < -0.3 is 5.32 Å². The maximum absolute atomic E-state index is 13.4. The molecule has 0 atom stereocenters. The fourth-order valence-electron chi connectivity index (χ4n) is 2.87. The number of aromatic nitrogens is 3. The average molecular weight is 547 g/mol. The van der Waals surface area contributed by atoms with Gasteiger partial charge >= 0.3 is 6.18 Å². The average Bonchev–Trinajstić information content (AvgIpc) is 3.25. The number of halogens is 5. The number of anilines is 1. The maximum Gasteiger partial charge on any atom is 0.435 e. The molecule has 0 saturated carbocycles. The van der Waals surface area contributed by atoms with Crippen molar-refractivity contribution >= 4 is 57.7 Å². The highest BCUT2D eigenvalue weighted by Crippen LogP contribution is 2.31. The van der Waals surface area contributed by atoms with Crippen LogP contribution in [0.4, 0.5) is 23.7 Å². The Hall–Kier alpha value is -3.29. The van der Waals surface area contributed by atoms with Crippen molar-refractivity contribution in [2.24, 2.45) is 0 Å². The van der Waals surface area contributed by atoms with Gasteiger partial charge in [-0.05, 0) is 43.0 Å². The van der Waals surface area contributed by atoms with Crippen LogP contribution < -0.4 is 16.2 Å². The van der Waals surface area contributed by atoms with Crippen LogP contribution in [0.25, 0.3) is 5.82 Å². The summed E-state index contributed by atoms with van der Waals surface area (Å²) in [5.74, 6) is -2.08. The standard InChI is InChI=1S/C20H15Cl2F3N6O3S/c1-9-6-10(21)7-11(17(32)28-29-19(34)35-2)15(9)27-18(33)13-8-14(20(23,24)25)30-31(13)16-12(22)4-3-5-26-16/h3-8H,1-2H3,(H,27,33)(H,28,32)(H,29,34). The number of alkyl halides is 3. The largest absolute Gasteiger partial charge is 0.435 e. The number of thioether (sulfide) groups is 1. The molecule has 0 unspecified atom stereocenters. The molecule has 0 aliphatic carbocycles. The Morgan fingerprint density at radius 1 is 1.09 bits per heavy atom. The molecule has 0 aliphatic heterocycles. The summed E-state index contributed by atoms with van der Waals surface area (Å²) in [6, 6.07) is 6.01. The number of hydrazine groups is 1. The van der Waals surface area contributed by atoms with Gasteiger partial charge in [0.25, 0.3) is 17.1 Å². The third-order valence-corrected chi connectivity index (χ3v) is 5.41. The molecule has 0 fully saturated rings. The number of carbonyl (C=O) groups excluding carboxylic acids is 3. The Labute approximate surface area is 210 Å². The summed E-state index contributed by atoms with van der Waals surface area (Å²) in [6.45, 7) is 1.52. The molecular weight excluding hydrogens is 532 g/mol. The molecule has 3 N–H and O–H groups in total.